The van der Waals surface area contributed by atoms with E-state index in [4.69, 9.17) is 0 Å². The normalized spacial score (nSPS) is 16.5. The number of quaternary nitrogens is 1. The summed E-state index contributed by atoms with van der Waals surface area (Å²) >= 11 is 2.04. The Morgan fingerprint density at radius 3 is 1.94 bits per heavy atom. The van der Waals surface area contributed by atoms with Crippen LogP contribution in [0.2, 0.25) is 0 Å². The Labute approximate surface area is 291 Å². The summed E-state index contributed by atoms with van der Waals surface area (Å²) in [7, 11) is 0. The Kier molecular flexibility index (Phi) is 17.4. The minimum absolute atomic E-state index is 0.0552. The average Bonchev–Trinajstić information content (AvgIpc) is 3.05. The molecule has 2 N–H and O–H groups in total. The molecule has 1 unspecified atom stereocenters. The highest BCUT2D eigenvalue weighted by Gasteiger charge is 2.31. The molecule has 2 aromatic rings. The van der Waals surface area contributed by atoms with Crippen molar-refractivity contribution < 1.29 is 14.1 Å². The minimum atomic E-state index is -0.0552. The van der Waals surface area contributed by atoms with E-state index < -0.39 is 0 Å². The largest absolute Gasteiger partial charge is 0.324 e. The second kappa shape index (κ2) is 20.9. The SMILES string of the molecule is CCCCCC[N+](CCCCCN1CCCC[C@@H]1C(=O)Nc1c(C)cccc1C)(CCSCCC)CC(=O)Nc1c(C)cccc1C. The summed E-state index contributed by atoms with van der Waals surface area (Å²) in [6.45, 7) is 18.5. The van der Waals surface area contributed by atoms with Gasteiger partial charge in [-0.05, 0) is 120 Å². The first-order valence-corrected chi connectivity index (χ1v) is 19.7. The summed E-state index contributed by atoms with van der Waals surface area (Å²) in [5.74, 6) is 2.57. The van der Waals surface area contributed by atoms with Crippen molar-refractivity contribution in [2.75, 3.05) is 61.4 Å². The number of amides is 2. The Balaban J connectivity index is 1.64. The molecule has 0 bridgehead atoms. The van der Waals surface area contributed by atoms with Crippen LogP contribution in [-0.4, -0.2) is 78.0 Å². The molecular formula is C40H65N4O2S+. The zero-order valence-corrected chi connectivity index (χ0v) is 31.4. The molecule has 0 aromatic heterocycles. The predicted molar refractivity (Wildman–Crippen MR) is 204 cm³/mol. The second-order valence-corrected chi connectivity index (χ2v) is 15.2. The number of carbonyl (C=O) groups excluding carboxylic acids is 2. The van der Waals surface area contributed by atoms with Gasteiger partial charge in [0, 0.05) is 17.1 Å². The van der Waals surface area contributed by atoms with E-state index in [9.17, 15) is 9.59 Å². The molecule has 1 heterocycles. The van der Waals surface area contributed by atoms with Gasteiger partial charge in [0.1, 0.15) is 0 Å². The Morgan fingerprint density at radius 2 is 1.34 bits per heavy atom. The number of anilines is 2. The Morgan fingerprint density at radius 1 is 0.745 bits per heavy atom. The fourth-order valence-electron chi connectivity index (χ4n) is 7.16. The number of thioether (sulfide) groups is 1. The molecule has 1 saturated heterocycles. The smallest absolute Gasteiger partial charge is 0.279 e. The number of para-hydroxylation sites is 2. The Hall–Kier alpha value is -2.35. The number of unbranched alkanes of at least 4 members (excludes halogenated alkanes) is 5. The first-order valence-electron chi connectivity index (χ1n) is 18.6. The number of carbonyl (C=O) groups is 2. The molecule has 7 heteroatoms. The van der Waals surface area contributed by atoms with Crippen LogP contribution in [0.1, 0.15) is 107 Å². The van der Waals surface area contributed by atoms with Crippen molar-refractivity contribution in [3.05, 3.63) is 58.7 Å². The summed E-state index contributed by atoms with van der Waals surface area (Å²) in [6, 6.07) is 12.4. The van der Waals surface area contributed by atoms with Crippen molar-refractivity contribution in [2.24, 2.45) is 0 Å². The lowest BCUT2D eigenvalue weighted by Crippen LogP contribution is -2.55. The third-order valence-electron chi connectivity index (χ3n) is 9.99. The molecule has 2 amide bonds. The van der Waals surface area contributed by atoms with Crippen LogP contribution in [0, 0.1) is 27.7 Å². The van der Waals surface area contributed by atoms with Crippen molar-refractivity contribution in [3.8, 4) is 0 Å². The lowest BCUT2D eigenvalue weighted by Gasteiger charge is -2.39. The van der Waals surface area contributed by atoms with Gasteiger partial charge in [-0.3, -0.25) is 14.5 Å². The van der Waals surface area contributed by atoms with Crippen molar-refractivity contribution >= 4 is 35.0 Å². The molecule has 2 atom stereocenters. The molecule has 1 aliphatic heterocycles. The number of benzene rings is 2. The number of hydrogen-bond acceptors (Lipinski definition) is 4. The first-order chi connectivity index (χ1) is 22.7. The molecule has 1 fully saturated rings. The van der Waals surface area contributed by atoms with Gasteiger partial charge in [0.2, 0.25) is 5.91 Å². The van der Waals surface area contributed by atoms with Crippen LogP contribution < -0.4 is 10.6 Å². The quantitative estimate of drug-likeness (QED) is 0.103. The fraction of sp³-hybridized carbons (Fsp3) is 0.650. The number of rotatable bonds is 21. The van der Waals surface area contributed by atoms with Crippen LogP contribution >= 0.6 is 11.8 Å². The molecule has 3 rings (SSSR count). The number of aryl methyl sites for hydroxylation is 4. The third kappa shape index (κ3) is 12.9. The minimum Gasteiger partial charge on any atom is -0.324 e. The first kappa shape index (κ1) is 39.1. The average molecular weight is 666 g/mol. The molecule has 0 aliphatic carbocycles. The number of nitrogens with zero attached hydrogens (tertiary/aromatic N) is 2. The molecule has 47 heavy (non-hydrogen) atoms. The highest BCUT2D eigenvalue weighted by molar-refractivity contribution is 7.99. The molecule has 1 aliphatic rings. The maximum Gasteiger partial charge on any atom is 0.279 e. The van der Waals surface area contributed by atoms with Gasteiger partial charge >= 0.3 is 0 Å². The summed E-state index contributed by atoms with van der Waals surface area (Å²) in [6.07, 6.45) is 12.6. The summed E-state index contributed by atoms with van der Waals surface area (Å²) in [5, 5.41) is 6.59. The molecule has 262 valence electrons. The monoisotopic (exact) mass is 665 g/mol. The van der Waals surface area contributed by atoms with Gasteiger partial charge in [0.25, 0.3) is 5.91 Å². The van der Waals surface area contributed by atoms with E-state index in [0.29, 0.717) is 6.54 Å². The van der Waals surface area contributed by atoms with Crippen molar-refractivity contribution in [2.45, 2.75) is 118 Å². The van der Waals surface area contributed by atoms with E-state index in [-0.39, 0.29) is 17.9 Å². The van der Waals surface area contributed by atoms with Crippen LogP contribution in [0.3, 0.4) is 0 Å². The maximum absolute atomic E-state index is 13.7. The van der Waals surface area contributed by atoms with Crippen LogP contribution in [0.4, 0.5) is 11.4 Å². The molecule has 0 spiro atoms. The molecule has 0 saturated carbocycles. The van der Waals surface area contributed by atoms with Crippen molar-refractivity contribution in [1.82, 2.24) is 4.90 Å². The number of piperidine rings is 1. The van der Waals surface area contributed by atoms with E-state index in [0.717, 1.165) is 115 Å². The zero-order chi connectivity index (χ0) is 34.1. The number of hydrogen-bond donors (Lipinski definition) is 2. The molecule has 2 aromatic carbocycles. The maximum atomic E-state index is 13.7. The van der Waals surface area contributed by atoms with E-state index in [1.165, 1.54) is 37.9 Å². The second-order valence-electron chi connectivity index (χ2n) is 14.0. The summed E-state index contributed by atoms with van der Waals surface area (Å²) in [4.78, 5) is 29.6. The third-order valence-corrected chi connectivity index (χ3v) is 11.2. The van der Waals surface area contributed by atoms with Gasteiger partial charge in [0.15, 0.2) is 6.54 Å². The topological polar surface area (TPSA) is 61.4 Å². The van der Waals surface area contributed by atoms with Crippen LogP contribution in [0.5, 0.6) is 0 Å². The van der Waals surface area contributed by atoms with Gasteiger partial charge in [-0.15, -0.1) is 0 Å². The van der Waals surface area contributed by atoms with Crippen molar-refractivity contribution in [3.63, 3.8) is 0 Å². The highest BCUT2D eigenvalue weighted by Crippen LogP contribution is 2.25. The van der Waals surface area contributed by atoms with Gasteiger partial charge in [-0.2, -0.15) is 11.8 Å². The summed E-state index contributed by atoms with van der Waals surface area (Å²) in [5.41, 5.74) is 6.42. The Bertz CT molecular complexity index is 1200. The van der Waals surface area contributed by atoms with Gasteiger partial charge < -0.3 is 15.1 Å². The molecule has 0 radical (unpaired) electrons. The number of likely N-dealkylation sites (tertiary alicyclic amines) is 1. The molecular weight excluding hydrogens is 601 g/mol. The van der Waals surface area contributed by atoms with Gasteiger partial charge in [0.05, 0.1) is 25.7 Å². The highest BCUT2D eigenvalue weighted by atomic mass is 32.2. The van der Waals surface area contributed by atoms with Crippen LogP contribution in [0.25, 0.3) is 0 Å². The van der Waals surface area contributed by atoms with Crippen molar-refractivity contribution in [1.29, 1.82) is 0 Å². The van der Waals surface area contributed by atoms with E-state index in [2.05, 4.69) is 87.4 Å². The standard InChI is InChI=1S/C40H64N4O2S/c1-7-9-10-15-26-44(28-30-47-29-8-2,31-37(45)41-38-32(3)19-17-20-33(38)4)27-16-11-13-24-43-25-14-12-23-36(43)40(46)42-39-34(5)21-18-22-35(39)6/h17-22,36H,7-16,23-31H2,1-6H3,(H-,41,42,45,46)/p+1/t36-,44?/m1/s1. The zero-order valence-electron chi connectivity index (χ0n) is 30.6. The fourth-order valence-corrected chi connectivity index (χ4v) is 8.17. The van der Waals surface area contributed by atoms with Crippen LogP contribution in [0.15, 0.2) is 36.4 Å². The lowest BCUT2D eigenvalue weighted by atomic mass is 10.00. The van der Waals surface area contributed by atoms with E-state index >= 15 is 0 Å². The van der Waals surface area contributed by atoms with Crippen LogP contribution in [-0.2, 0) is 9.59 Å². The number of nitrogens with one attached hydrogen (secondary N) is 2. The lowest BCUT2D eigenvalue weighted by molar-refractivity contribution is -0.918. The molecule has 6 nitrogen and oxygen atoms in total. The van der Waals surface area contributed by atoms with E-state index in [1.807, 2.05) is 17.8 Å². The van der Waals surface area contributed by atoms with E-state index in [1.54, 1.807) is 0 Å². The predicted octanol–water partition coefficient (Wildman–Crippen LogP) is 9.06. The van der Waals surface area contributed by atoms with Gasteiger partial charge in [-0.1, -0.05) is 69.5 Å². The summed E-state index contributed by atoms with van der Waals surface area (Å²) < 4.78 is 0.877. The van der Waals surface area contributed by atoms with Gasteiger partial charge in [-0.25, -0.2) is 0 Å².